The van der Waals surface area contributed by atoms with Crippen LogP contribution >= 0.6 is 11.6 Å². The van der Waals surface area contributed by atoms with Crippen molar-refractivity contribution >= 4 is 44.8 Å². The minimum absolute atomic E-state index is 0.00521. The molecule has 6 rings (SSSR count). The lowest BCUT2D eigenvalue weighted by molar-refractivity contribution is -0.130. The lowest BCUT2D eigenvalue weighted by Crippen LogP contribution is -2.54. The van der Waals surface area contributed by atoms with Crippen LogP contribution < -0.4 is 9.62 Å². The van der Waals surface area contributed by atoms with Gasteiger partial charge in [0.2, 0.25) is 5.91 Å². The molecule has 0 bridgehead atoms. The fourth-order valence-corrected chi connectivity index (χ4v) is 8.40. The summed E-state index contributed by atoms with van der Waals surface area (Å²) in [5, 5.41) is 3.39. The number of benzene rings is 3. The van der Waals surface area contributed by atoms with Gasteiger partial charge in [-0.15, -0.1) is 0 Å². The molecule has 10 heteroatoms. The summed E-state index contributed by atoms with van der Waals surface area (Å²) in [5.41, 5.74) is 1.84. The van der Waals surface area contributed by atoms with Crippen molar-refractivity contribution in [2.75, 3.05) is 22.7 Å². The SMILES string of the molecule is CC(=O)N1CCC2(CC1)c1cc(NC(=O)c3cccc(Cl)c3)ccc1N(S(=O)(=O)c1ccc(F)cc1)C2C1CC1. The van der Waals surface area contributed by atoms with E-state index in [2.05, 4.69) is 5.32 Å². The quantitative estimate of drug-likeness (QED) is 0.425. The topological polar surface area (TPSA) is 86.8 Å². The van der Waals surface area contributed by atoms with Crippen molar-refractivity contribution in [2.45, 2.75) is 49.0 Å². The molecule has 3 aliphatic rings. The van der Waals surface area contributed by atoms with Crippen LogP contribution in [-0.2, 0) is 20.2 Å². The molecule has 3 aromatic carbocycles. The highest BCUT2D eigenvalue weighted by Crippen LogP contribution is 2.59. The molecule has 1 N–H and O–H groups in total. The van der Waals surface area contributed by atoms with E-state index in [0.717, 1.165) is 30.5 Å². The van der Waals surface area contributed by atoms with Gasteiger partial charge < -0.3 is 10.2 Å². The second-order valence-electron chi connectivity index (χ2n) is 10.9. The summed E-state index contributed by atoms with van der Waals surface area (Å²) in [6.07, 6.45) is 3.01. The van der Waals surface area contributed by atoms with E-state index < -0.39 is 21.3 Å². The van der Waals surface area contributed by atoms with Gasteiger partial charge in [-0.1, -0.05) is 17.7 Å². The van der Waals surface area contributed by atoms with Crippen molar-refractivity contribution in [3.63, 3.8) is 0 Å². The third-order valence-corrected chi connectivity index (χ3v) is 10.5. The summed E-state index contributed by atoms with van der Waals surface area (Å²) in [5.74, 6) is -0.673. The Hall–Kier alpha value is -3.43. The number of amides is 2. The third-order valence-electron chi connectivity index (χ3n) is 8.47. The zero-order valence-corrected chi connectivity index (χ0v) is 23.5. The second kappa shape index (κ2) is 9.89. The minimum Gasteiger partial charge on any atom is -0.343 e. The van der Waals surface area contributed by atoms with Crippen molar-refractivity contribution in [3.8, 4) is 0 Å². The molecule has 0 aromatic heterocycles. The number of likely N-dealkylation sites (tertiary alicyclic amines) is 1. The number of hydrogen-bond acceptors (Lipinski definition) is 4. The molecule has 2 heterocycles. The van der Waals surface area contributed by atoms with Gasteiger partial charge in [0.1, 0.15) is 5.82 Å². The highest BCUT2D eigenvalue weighted by Gasteiger charge is 2.60. The highest BCUT2D eigenvalue weighted by atomic mass is 35.5. The van der Waals surface area contributed by atoms with Gasteiger partial charge in [-0.05, 0) is 97.8 Å². The van der Waals surface area contributed by atoms with Gasteiger partial charge in [0.05, 0.1) is 16.6 Å². The van der Waals surface area contributed by atoms with E-state index in [0.29, 0.717) is 47.9 Å². The van der Waals surface area contributed by atoms with Crippen molar-refractivity contribution < 1.29 is 22.4 Å². The molecule has 2 aliphatic heterocycles. The van der Waals surface area contributed by atoms with Gasteiger partial charge >= 0.3 is 0 Å². The number of halogens is 2. The predicted octanol–water partition coefficient (Wildman–Crippen LogP) is 5.60. The van der Waals surface area contributed by atoms with Gasteiger partial charge in [0.15, 0.2) is 0 Å². The first-order chi connectivity index (χ1) is 19.1. The van der Waals surface area contributed by atoms with Gasteiger partial charge in [-0.3, -0.25) is 13.9 Å². The fraction of sp³-hybridized carbons (Fsp3) is 0.333. The maximum atomic E-state index is 14.2. The monoisotopic (exact) mass is 581 g/mol. The summed E-state index contributed by atoms with van der Waals surface area (Å²) in [6.45, 7) is 2.58. The molecule has 40 heavy (non-hydrogen) atoms. The molecule has 1 spiro atoms. The number of sulfonamides is 1. The molecule has 1 atom stereocenters. The standard InChI is InChI=1S/C30H29ClFN3O4S/c1-19(36)34-15-13-30(14-16-34)26-18-24(33-29(37)21-3-2-4-22(31)17-21)9-12-27(26)35(28(30)20-5-6-20)40(38,39)25-10-7-23(32)8-11-25/h2-4,7-12,17-18,20,28H,5-6,13-16H2,1H3,(H,33,37). The van der Waals surface area contributed by atoms with Crippen LogP contribution in [0.25, 0.3) is 0 Å². The molecular weight excluding hydrogens is 553 g/mol. The Balaban J connectivity index is 1.45. The first-order valence-electron chi connectivity index (χ1n) is 13.4. The zero-order valence-electron chi connectivity index (χ0n) is 21.9. The average Bonchev–Trinajstić information content (AvgIpc) is 3.73. The van der Waals surface area contributed by atoms with E-state index in [1.54, 1.807) is 52.5 Å². The van der Waals surface area contributed by atoms with Crippen LogP contribution in [0.1, 0.15) is 48.5 Å². The van der Waals surface area contributed by atoms with E-state index in [1.807, 2.05) is 6.07 Å². The molecule has 1 aliphatic carbocycles. The second-order valence-corrected chi connectivity index (χ2v) is 13.1. The predicted molar refractivity (Wildman–Crippen MR) is 152 cm³/mol. The highest BCUT2D eigenvalue weighted by molar-refractivity contribution is 7.92. The normalized spacial score (nSPS) is 19.9. The van der Waals surface area contributed by atoms with E-state index in [1.165, 1.54) is 12.1 Å². The average molecular weight is 582 g/mol. The molecule has 208 valence electrons. The molecule has 2 amide bonds. The van der Waals surface area contributed by atoms with Crippen molar-refractivity contribution in [3.05, 3.63) is 88.7 Å². The molecule has 7 nitrogen and oxygen atoms in total. The van der Waals surface area contributed by atoms with Crippen LogP contribution in [0.4, 0.5) is 15.8 Å². The Bertz CT molecular complexity index is 1600. The van der Waals surface area contributed by atoms with Crippen LogP contribution in [0, 0.1) is 11.7 Å². The Labute approximate surface area is 238 Å². The van der Waals surface area contributed by atoms with E-state index in [-0.39, 0.29) is 28.7 Å². The molecule has 1 saturated carbocycles. The van der Waals surface area contributed by atoms with E-state index in [4.69, 9.17) is 11.6 Å². The first kappa shape index (κ1) is 26.8. The first-order valence-corrected chi connectivity index (χ1v) is 15.2. The third kappa shape index (κ3) is 4.55. The number of anilines is 2. The van der Waals surface area contributed by atoms with Crippen LogP contribution in [0.2, 0.25) is 5.02 Å². The van der Waals surface area contributed by atoms with Gasteiger partial charge in [0.25, 0.3) is 15.9 Å². The molecule has 2 fully saturated rings. The summed E-state index contributed by atoms with van der Waals surface area (Å²) in [7, 11) is -4.03. The van der Waals surface area contributed by atoms with E-state index in [9.17, 15) is 22.4 Å². The largest absolute Gasteiger partial charge is 0.343 e. The van der Waals surface area contributed by atoms with Gasteiger partial charge in [-0.2, -0.15) is 0 Å². The van der Waals surface area contributed by atoms with Crippen molar-refractivity contribution in [2.24, 2.45) is 5.92 Å². The van der Waals surface area contributed by atoms with Gasteiger partial charge in [-0.25, -0.2) is 12.8 Å². The van der Waals surface area contributed by atoms with Crippen molar-refractivity contribution in [1.29, 1.82) is 0 Å². The molecule has 3 aromatic rings. The summed E-state index contributed by atoms with van der Waals surface area (Å²) >= 11 is 6.08. The Morgan fingerprint density at radius 3 is 2.33 bits per heavy atom. The Morgan fingerprint density at radius 1 is 1.00 bits per heavy atom. The Kier molecular flexibility index (Phi) is 6.62. The molecule has 1 unspecified atom stereocenters. The Morgan fingerprint density at radius 2 is 1.70 bits per heavy atom. The lowest BCUT2D eigenvalue weighted by atomic mass is 9.68. The zero-order chi connectivity index (χ0) is 28.2. The number of nitrogens with one attached hydrogen (secondary N) is 1. The smallest absolute Gasteiger partial charge is 0.264 e. The number of fused-ring (bicyclic) bond motifs is 2. The summed E-state index contributed by atoms with van der Waals surface area (Å²) in [6, 6.07) is 16.6. The number of carbonyl (C=O) groups excluding carboxylic acids is 2. The fourth-order valence-electron chi connectivity index (χ4n) is 6.41. The summed E-state index contributed by atoms with van der Waals surface area (Å²) in [4.78, 5) is 27.0. The van der Waals surface area contributed by atoms with Crippen molar-refractivity contribution in [1.82, 2.24) is 4.90 Å². The number of carbonyl (C=O) groups is 2. The maximum Gasteiger partial charge on any atom is 0.264 e. The number of nitrogens with zero attached hydrogens (tertiary/aromatic N) is 2. The molecule has 1 saturated heterocycles. The van der Waals surface area contributed by atoms with Crippen LogP contribution in [0.5, 0.6) is 0 Å². The molecular formula is C30H29ClFN3O4S. The number of hydrogen-bond donors (Lipinski definition) is 1. The van der Waals surface area contributed by atoms with Crippen LogP contribution in [0.15, 0.2) is 71.6 Å². The lowest BCUT2D eigenvalue weighted by Gasteiger charge is -2.45. The maximum absolute atomic E-state index is 14.2. The van der Waals surface area contributed by atoms with Gasteiger partial charge in [0, 0.05) is 41.7 Å². The van der Waals surface area contributed by atoms with E-state index >= 15 is 0 Å². The minimum atomic E-state index is -4.03. The molecule has 0 radical (unpaired) electrons. The number of piperidine rings is 1. The number of rotatable bonds is 5. The van der Waals surface area contributed by atoms with Crippen LogP contribution in [0.3, 0.4) is 0 Å². The summed E-state index contributed by atoms with van der Waals surface area (Å²) < 4.78 is 43.6. The van der Waals surface area contributed by atoms with Crippen LogP contribution in [-0.4, -0.2) is 44.3 Å².